The lowest BCUT2D eigenvalue weighted by molar-refractivity contribution is -0.161. The smallest absolute Gasteiger partial charge is 0.323 e. The van der Waals surface area contributed by atoms with Crippen LogP contribution in [0.3, 0.4) is 0 Å². The van der Waals surface area contributed by atoms with Crippen molar-refractivity contribution >= 4 is 5.97 Å². The molecule has 1 heterocycles. The SMILES string of the molecule is CC(C)(C)OC(=O)[C@@H]1C[C@@](C)(C#N)CN1[C@H](CNCc1ccccc1)c1ccccc1. The van der Waals surface area contributed by atoms with Gasteiger partial charge in [-0.15, -0.1) is 0 Å². The second-order valence-electron chi connectivity index (χ2n) is 9.64. The first kappa shape index (κ1) is 23.0. The van der Waals surface area contributed by atoms with Crippen LogP contribution < -0.4 is 5.32 Å². The van der Waals surface area contributed by atoms with Crippen molar-refractivity contribution in [3.8, 4) is 6.07 Å². The fourth-order valence-corrected chi connectivity index (χ4v) is 4.17. The molecule has 3 atom stereocenters. The Kier molecular flexibility index (Phi) is 7.15. The molecular formula is C26H33N3O2. The van der Waals surface area contributed by atoms with Crippen LogP contribution in [0.5, 0.6) is 0 Å². The number of nitrogens with zero attached hydrogens (tertiary/aromatic N) is 2. The molecule has 5 heteroatoms. The predicted octanol–water partition coefficient (Wildman–Crippen LogP) is 4.46. The Morgan fingerprint density at radius 3 is 2.39 bits per heavy atom. The Hall–Kier alpha value is -2.68. The van der Waals surface area contributed by atoms with E-state index in [1.54, 1.807) is 0 Å². The fraction of sp³-hybridized carbons (Fsp3) is 0.462. The van der Waals surface area contributed by atoms with Crippen LogP contribution in [0.4, 0.5) is 0 Å². The zero-order valence-corrected chi connectivity index (χ0v) is 19.0. The Morgan fingerprint density at radius 1 is 1.19 bits per heavy atom. The average Bonchev–Trinajstić information content (AvgIpc) is 3.10. The van der Waals surface area contributed by atoms with E-state index >= 15 is 0 Å². The number of hydrogen-bond acceptors (Lipinski definition) is 5. The Balaban J connectivity index is 1.85. The molecule has 0 amide bonds. The molecule has 0 saturated carbocycles. The van der Waals surface area contributed by atoms with E-state index in [1.807, 2.05) is 64.1 Å². The quantitative estimate of drug-likeness (QED) is 0.671. The first-order chi connectivity index (χ1) is 14.7. The number of nitrogens with one attached hydrogen (secondary N) is 1. The van der Waals surface area contributed by atoms with Gasteiger partial charge in [-0.3, -0.25) is 9.69 Å². The number of benzene rings is 2. The molecule has 1 aliphatic heterocycles. The van der Waals surface area contributed by atoms with E-state index in [0.717, 1.165) is 12.1 Å². The van der Waals surface area contributed by atoms with Gasteiger partial charge in [0.15, 0.2) is 0 Å². The summed E-state index contributed by atoms with van der Waals surface area (Å²) < 4.78 is 5.74. The molecule has 31 heavy (non-hydrogen) atoms. The van der Waals surface area contributed by atoms with Gasteiger partial charge in [-0.1, -0.05) is 60.7 Å². The zero-order valence-electron chi connectivity index (χ0n) is 19.0. The van der Waals surface area contributed by atoms with Crippen molar-refractivity contribution in [3.05, 3.63) is 71.8 Å². The molecule has 0 radical (unpaired) electrons. The van der Waals surface area contributed by atoms with Crippen LogP contribution in [-0.2, 0) is 16.1 Å². The molecule has 164 valence electrons. The average molecular weight is 420 g/mol. The van der Waals surface area contributed by atoms with Gasteiger partial charge in [-0.2, -0.15) is 5.26 Å². The number of hydrogen-bond donors (Lipinski definition) is 1. The molecule has 0 bridgehead atoms. The first-order valence-corrected chi connectivity index (χ1v) is 10.9. The number of carbonyl (C=O) groups is 1. The highest BCUT2D eigenvalue weighted by molar-refractivity contribution is 5.77. The highest BCUT2D eigenvalue weighted by Gasteiger charge is 2.48. The summed E-state index contributed by atoms with van der Waals surface area (Å²) in [7, 11) is 0. The van der Waals surface area contributed by atoms with E-state index in [1.165, 1.54) is 5.56 Å². The van der Waals surface area contributed by atoms with Gasteiger partial charge in [0.2, 0.25) is 0 Å². The molecule has 2 aromatic carbocycles. The molecule has 1 aliphatic rings. The summed E-state index contributed by atoms with van der Waals surface area (Å²) in [6.45, 7) is 9.51. The van der Waals surface area contributed by atoms with E-state index in [-0.39, 0.29) is 12.0 Å². The van der Waals surface area contributed by atoms with Crippen molar-refractivity contribution in [2.75, 3.05) is 13.1 Å². The molecule has 1 saturated heterocycles. The molecular weight excluding hydrogens is 386 g/mol. The highest BCUT2D eigenvalue weighted by Crippen LogP contribution is 2.40. The van der Waals surface area contributed by atoms with Crippen molar-refractivity contribution in [2.45, 2.75) is 58.3 Å². The minimum Gasteiger partial charge on any atom is -0.459 e. The lowest BCUT2D eigenvalue weighted by Gasteiger charge is -2.34. The Morgan fingerprint density at radius 2 is 1.81 bits per heavy atom. The van der Waals surface area contributed by atoms with E-state index in [2.05, 4.69) is 40.6 Å². The van der Waals surface area contributed by atoms with Crippen molar-refractivity contribution < 1.29 is 9.53 Å². The topological polar surface area (TPSA) is 65.4 Å². The minimum absolute atomic E-state index is 0.0439. The third kappa shape index (κ3) is 6.16. The maximum atomic E-state index is 13.1. The lowest BCUT2D eigenvalue weighted by Crippen LogP contribution is -2.45. The summed E-state index contributed by atoms with van der Waals surface area (Å²) >= 11 is 0. The van der Waals surface area contributed by atoms with Crippen molar-refractivity contribution in [3.63, 3.8) is 0 Å². The highest BCUT2D eigenvalue weighted by atomic mass is 16.6. The molecule has 1 fully saturated rings. The maximum absolute atomic E-state index is 13.1. The van der Waals surface area contributed by atoms with Crippen LogP contribution in [-0.4, -0.2) is 35.6 Å². The van der Waals surface area contributed by atoms with Crippen LogP contribution in [0, 0.1) is 16.7 Å². The second kappa shape index (κ2) is 9.64. The molecule has 1 N–H and O–H groups in total. The molecule has 3 rings (SSSR count). The number of carbonyl (C=O) groups excluding carboxylic acids is 1. The van der Waals surface area contributed by atoms with Gasteiger partial charge < -0.3 is 10.1 Å². The van der Waals surface area contributed by atoms with Gasteiger partial charge in [-0.25, -0.2) is 0 Å². The first-order valence-electron chi connectivity index (χ1n) is 10.9. The summed E-state index contributed by atoms with van der Waals surface area (Å²) in [5, 5.41) is 13.4. The van der Waals surface area contributed by atoms with Gasteiger partial charge in [0.05, 0.1) is 11.5 Å². The van der Waals surface area contributed by atoms with Crippen molar-refractivity contribution in [1.29, 1.82) is 5.26 Å². The van der Waals surface area contributed by atoms with Gasteiger partial charge in [0.1, 0.15) is 11.6 Å². The molecule has 5 nitrogen and oxygen atoms in total. The Labute approximate surface area is 186 Å². The fourth-order valence-electron chi connectivity index (χ4n) is 4.17. The third-order valence-corrected chi connectivity index (χ3v) is 5.62. The van der Waals surface area contributed by atoms with Crippen molar-refractivity contribution in [1.82, 2.24) is 10.2 Å². The normalized spacial score (nSPS) is 22.6. The molecule has 0 spiro atoms. The largest absolute Gasteiger partial charge is 0.459 e. The molecule has 0 aromatic heterocycles. The second-order valence-corrected chi connectivity index (χ2v) is 9.64. The number of esters is 1. The summed E-state index contributed by atoms with van der Waals surface area (Å²) in [5.74, 6) is -0.254. The predicted molar refractivity (Wildman–Crippen MR) is 122 cm³/mol. The standard InChI is InChI=1S/C26H33N3O2/c1-25(2,3)31-24(30)22-15-26(4,18-27)19-29(22)23(21-13-9-6-10-14-21)17-28-16-20-11-7-5-8-12-20/h5-14,22-23,28H,15-17,19H2,1-4H3/t22-,23+,26-/m0/s1. The van der Waals surface area contributed by atoms with Crippen LogP contribution in [0.25, 0.3) is 0 Å². The number of rotatable bonds is 7. The molecule has 2 aromatic rings. The minimum atomic E-state index is -0.589. The van der Waals surface area contributed by atoms with Gasteiger partial charge in [-0.05, 0) is 45.2 Å². The number of ether oxygens (including phenoxy) is 1. The van der Waals surface area contributed by atoms with E-state index in [9.17, 15) is 10.1 Å². The van der Waals surface area contributed by atoms with Gasteiger partial charge in [0.25, 0.3) is 0 Å². The van der Waals surface area contributed by atoms with Crippen LogP contribution in [0.1, 0.15) is 51.3 Å². The molecule has 0 aliphatic carbocycles. The number of nitriles is 1. The summed E-state index contributed by atoms with van der Waals surface area (Å²) in [5.41, 5.74) is 1.18. The third-order valence-electron chi connectivity index (χ3n) is 5.62. The summed E-state index contributed by atoms with van der Waals surface area (Å²) in [6, 6.07) is 22.4. The van der Waals surface area contributed by atoms with Gasteiger partial charge >= 0.3 is 5.97 Å². The lowest BCUT2D eigenvalue weighted by atomic mass is 9.90. The van der Waals surface area contributed by atoms with Crippen molar-refractivity contribution in [2.24, 2.45) is 5.41 Å². The van der Waals surface area contributed by atoms with E-state index in [4.69, 9.17) is 4.74 Å². The van der Waals surface area contributed by atoms with Crippen LogP contribution in [0.2, 0.25) is 0 Å². The van der Waals surface area contributed by atoms with Gasteiger partial charge in [0, 0.05) is 25.7 Å². The van der Waals surface area contributed by atoms with E-state index in [0.29, 0.717) is 19.5 Å². The van der Waals surface area contributed by atoms with Crippen LogP contribution >= 0.6 is 0 Å². The zero-order chi connectivity index (χ0) is 22.5. The van der Waals surface area contributed by atoms with E-state index < -0.39 is 17.1 Å². The van der Waals surface area contributed by atoms with Crippen LogP contribution in [0.15, 0.2) is 60.7 Å². The maximum Gasteiger partial charge on any atom is 0.323 e. The Bertz CT molecular complexity index is 902. The monoisotopic (exact) mass is 419 g/mol. The molecule has 0 unspecified atom stereocenters. The summed E-state index contributed by atoms with van der Waals surface area (Å²) in [6.07, 6.45) is 0.473. The number of likely N-dealkylation sites (tertiary alicyclic amines) is 1. The summed E-state index contributed by atoms with van der Waals surface area (Å²) in [4.78, 5) is 15.3.